The predicted octanol–water partition coefficient (Wildman–Crippen LogP) is 3.66. The molecule has 0 unspecified atom stereocenters. The first-order valence-electron chi connectivity index (χ1n) is 9.12. The van der Waals surface area contributed by atoms with Crippen LogP contribution in [-0.4, -0.2) is 29.8 Å². The van der Waals surface area contributed by atoms with Crippen LogP contribution in [0, 0.1) is 10.1 Å². The fourth-order valence-electron chi connectivity index (χ4n) is 3.29. The Hall–Kier alpha value is -4.53. The zero-order valence-corrected chi connectivity index (χ0v) is 16.2. The Morgan fingerprint density at radius 2 is 1.58 bits per heavy atom. The summed E-state index contributed by atoms with van der Waals surface area (Å²) in [6, 6.07) is 16.2. The molecule has 1 aliphatic rings. The minimum atomic E-state index is -0.551. The van der Waals surface area contributed by atoms with Crippen molar-refractivity contribution in [2.75, 3.05) is 17.3 Å². The molecule has 0 saturated carbocycles. The number of rotatable bonds is 5. The lowest BCUT2D eigenvalue weighted by molar-refractivity contribution is -0.384. The van der Waals surface area contributed by atoms with Gasteiger partial charge >= 0.3 is 0 Å². The number of nitro groups is 1. The van der Waals surface area contributed by atoms with E-state index in [-0.39, 0.29) is 22.7 Å². The van der Waals surface area contributed by atoms with Gasteiger partial charge in [0.15, 0.2) is 0 Å². The highest BCUT2D eigenvalue weighted by Gasteiger charge is 2.37. The first-order valence-corrected chi connectivity index (χ1v) is 9.12. The molecule has 4 rings (SSSR count). The fourth-order valence-corrected chi connectivity index (χ4v) is 3.29. The van der Waals surface area contributed by atoms with Crippen molar-refractivity contribution in [2.45, 2.75) is 0 Å². The molecule has 154 valence electrons. The van der Waals surface area contributed by atoms with Crippen LogP contribution in [0.2, 0.25) is 0 Å². The molecule has 0 saturated heterocycles. The standard InChI is InChI=1S/C22H15N3O6/c1-31-19-12-14(23-20(26)13-6-9-15(10-7-13)25(29)30)8-11-18(19)24-21(27)16-4-2-3-5-17(16)22(24)28/h2-12H,1H3,(H,23,26). The Labute approximate surface area is 176 Å². The van der Waals surface area contributed by atoms with Crippen molar-refractivity contribution < 1.29 is 24.0 Å². The van der Waals surface area contributed by atoms with Crippen molar-refractivity contribution in [1.82, 2.24) is 0 Å². The normalized spacial score (nSPS) is 12.5. The van der Waals surface area contributed by atoms with Crippen molar-refractivity contribution in [2.24, 2.45) is 0 Å². The van der Waals surface area contributed by atoms with E-state index in [4.69, 9.17) is 4.74 Å². The largest absolute Gasteiger partial charge is 0.494 e. The second kappa shape index (κ2) is 7.71. The maximum Gasteiger partial charge on any atom is 0.269 e. The van der Waals surface area contributed by atoms with E-state index < -0.39 is 22.6 Å². The van der Waals surface area contributed by atoms with Gasteiger partial charge in [-0.1, -0.05) is 12.1 Å². The molecular weight excluding hydrogens is 402 g/mol. The number of hydrogen-bond donors (Lipinski definition) is 1. The average Bonchev–Trinajstić information content (AvgIpc) is 3.04. The van der Waals surface area contributed by atoms with Gasteiger partial charge in [0.05, 0.1) is 28.8 Å². The Morgan fingerprint density at radius 3 is 2.13 bits per heavy atom. The summed E-state index contributed by atoms with van der Waals surface area (Å²) in [5, 5.41) is 13.4. The van der Waals surface area contributed by atoms with Crippen molar-refractivity contribution in [1.29, 1.82) is 0 Å². The zero-order valence-electron chi connectivity index (χ0n) is 16.2. The lowest BCUT2D eigenvalue weighted by Gasteiger charge is -2.18. The van der Waals surface area contributed by atoms with Crippen LogP contribution in [0.3, 0.4) is 0 Å². The van der Waals surface area contributed by atoms with E-state index in [2.05, 4.69) is 5.32 Å². The third-order valence-electron chi connectivity index (χ3n) is 4.81. The Bertz CT molecular complexity index is 1200. The van der Waals surface area contributed by atoms with Gasteiger partial charge in [-0.15, -0.1) is 0 Å². The lowest BCUT2D eigenvalue weighted by atomic mass is 10.1. The predicted molar refractivity (Wildman–Crippen MR) is 112 cm³/mol. The van der Waals surface area contributed by atoms with E-state index in [1.54, 1.807) is 24.3 Å². The average molecular weight is 417 g/mol. The van der Waals surface area contributed by atoms with Crippen molar-refractivity contribution >= 4 is 34.8 Å². The quantitative estimate of drug-likeness (QED) is 0.384. The van der Waals surface area contributed by atoms with Gasteiger partial charge in [-0.3, -0.25) is 24.5 Å². The Balaban J connectivity index is 1.59. The Morgan fingerprint density at radius 1 is 0.968 bits per heavy atom. The molecule has 1 N–H and O–H groups in total. The topological polar surface area (TPSA) is 119 Å². The number of imide groups is 1. The molecule has 3 aromatic rings. The van der Waals surface area contributed by atoms with Gasteiger partial charge in [-0.2, -0.15) is 0 Å². The van der Waals surface area contributed by atoms with E-state index in [0.29, 0.717) is 16.8 Å². The lowest BCUT2D eigenvalue weighted by Crippen LogP contribution is -2.29. The molecule has 9 heteroatoms. The van der Waals surface area contributed by atoms with Gasteiger partial charge in [0.25, 0.3) is 23.4 Å². The maximum absolute atomic E-state index is 12.7. The van der Waals surface area contributed by atoms with Gasteiger partial charge in [-0.25, -0.2) is 4.90 Å². The minimum Gasteiger partial charge on any atom is -0.494 e. The van der Waals surface area contributed by atoms with Gasteiger partial charge in [0.2, 0.25) is 0 Å². The summed E-state index contributed by atoms with van der Waals surface area (Å²) in [5.41, 5.74) is 1.34. The number of nitrogens with one attached hydrogen (secondary N) is 1. The van der Waals surface area contributed by atoms with E-state index in [9.17, 15) is 24.5 Å². The molecule has 0 radical (unpaired) electrons. The second-order valence-electron chi connectivity index (χ2n) is 6.64. The molecule has 31 heavy (non-hydrogen) atoms. The van der Waals surface area contributed by atoms with E-state index in [1.807, 2.05) is 0 Å². The van der Waals surface area contributed by atoms with Crippen molar-refractivity contribution in [3.8, 4) is 5.75 Å². The molecule has 1 aliphatic heterocycles. The number of nitrogens with zero attached hydrogens (tertiary/aromatic N) is 2. The number of hydrogen-bond acceptors (Lipinski definition) is 6. The van der Waals surface area contributed by atoms with Crippen LogP contribution in [0.1, 0.15) is 31.1 Å². The third kappa shape index (κ3) is 3.48. The number of methoxy groups -OCH3 is 1. The molecule has 0 bridgehead atoms. The monoisotopic (exact) mass is 417 g/mol. The van der Waals surface area contributed by atoms with Crippen LogP contribution >= 0.6 is 0 Å². The summed E-state index contributed by atoms with van der Waals surface area (Å²) in [5.74, 6) is -1.18. The van der Waals surface area contributed by atoms with Gasteiger partial charge in [0.1, 0.15) is 5.75 Å². The van der Waals surface area contributed by atoms with Crippen LogP contribution in [-0.2, 0) is 0 Å². The van der Waals surface area contributed by atoms with Gasteiger partial charge in [0, 0.05) is 29.4 Å². The molecule has 0 spiro atoms. The van der Waals surface area contributed by atoms with Gasteiger partial charge < -0.3 is 10.1 Å². The molecule has 0 aliphatic carbocycles. The van der Waals surface area contributed by atoms with Crippen molar-refractivity contribution in [3.63, 3.8) is 0 Å². The number of amides is 3. The molecule has 3 aromatic carbocycles. The third-order valence-corrected chi connectivity index (χ3v) is 4.81. The number of ether oxygens (including phenoxy) is 1. The van der Waals surface area contributed by atoms with Crippen LogP contribution in [0.25, 0.3) is 0 Å². The number of non-ortho nitro benzene ring substituents is 1. The zero-order chi connectivity index (χ0) is 22.1. The summed E-state index contributed by atoms with van der Waals surface area (Å²) in [7, 11) is 1.39. The SMILES string of the molecule is COc1cc(NC(=O)c2ccc([N+](=O)[O-])cc2)ccc1N1C(=O)c2ccccc2C1=O. The molecule has 0 atom stereocenters. The molecule has 0 aromatic heterocycles. The van der Waals surface area contributed by atoms with E-state index in [1.165, 1.54) is 49.6 Å². The second-order valence-corrected chi connectivity index (χ2v) is 6.64. The summed E-state index contributed by atoms with van der Waals surface area (Å²) < 4.78 is 5.35. The first kappa shape index (κ1) is 19.8. The molecule has 9 nitrogen and oxygen atoms in total. The van der Waals surface area contributed by atoms with E-state index >= 15 is 0 Å². The molecule has 1 heterocycles. The summed E-state index contributed by atoms with van der Waals surface area (Å²) >= 11 is 0. The number of fused-ring (bicyclic) bond motifs is 1. The van der Waals surface area contributed by atoms with Crippen LogP contribution in [0.5, 0.6) is 5.75 Å². The maximum atomic E-state index is 12.7. The smallest absolute Gasteiger partial charge is 0.269 e. The first-order chi connectivity index (χ1) is 14.9. The summed E-state index contributed by atoms with van der Waals surface area (Å²) in [6.45, 7) is 0. The minimum absolute atomic E-state index is 0.122. The van der Waals surface area contributed by atoms with Crippen molar-refractivity contribution in [3.05, 3.63) is 93.5 Å². The highest BCUT2D eigenvalue weighted by molar-refractivity contribution is 6.34. The van der Waals surface area contributed by atoms with Crippen LogP contribution in [0.4, 0.5) is 17.1 Å². The highest BCUT2D eigenvalue weighted by Crippen LogP contribution is 2.36. The number of nitro benzene ring substituents is 1. The molecular formula is C22H15N3O6. The highest BCUT2D eigenvalue weighted by atomic mass is 16.6. The van der Waals surface area contributed by atoms with Gasteiger partial charge in [-0.05, 0) is 36.4 Å². The summed E-state index contributed by atoms with van der Waals surface area (Å²) in [6.07, 6.45) is 0. The summed E-state index contributed by atoms with van der Waals surface area (Å²) in [4.78, 5) is 49.1. The molecule has 3 amide bonds. The number of carbonyl (C=O) groups is 3. The van der Waals surface area contributed by atoms with Crippen LogP contribution in [0.15, 0.2) is 66.7 Å². The number of anilines is 2. The van der Waals surface area contributed by atoms with Crippen LogP contribution < -0.4 is 15.0 Å². The number of benzene rings is 3. The fraction of sp³-hybridized carbons (Fsp3) is 0.0455. The Kier molecular flexibility index (Phi) is 4.92. The number of carbonyl (C=O) groups excluding carboxylic acids is 3. The molecule has 0 fully saturated rings. The van der Waals surface area contributed by atoms with E-state index in [0.717, 1.165) is 4.90 Å².